The van der Waals surface area contributed by atoms with E-state index in [1.54, 1.807) is 7.05 Å². The summed E-state index contributed by atoms with van der Waals surface area (Å²) in [6.45, 7) is 4.83. The lowest BCUT2D eigenvalue weighted by Crippen LogP contribution is -2.26. The van der Waals surface area contributed by atoms with Crippen LogP contribution in [-0.2, 0) is 11.3 Å². The normalized spacial score (nSPS) is 22.4. The van der Waals surface area contributed by atoms with Crippen LogP contribution < -0.4 is 10.6 Å². The molecule has 2 rings (SSSR count). The third kappa shape index (κ3) is 3.78. The van der Waals surface area contributed by atoms with Crippen molar-refractivity contribution in [2.24, 2.45) is 5.92 Å². The van der Waals surface area contributed by atoms with Gasteiger partial charge in [0.05, 0.1) is 6.10 Å². The predicted octanol–water partition coefficient (Wildman–Crippen LogP) is 1.56. The first-order valence-electron chi connectivity index (χ1n) is 6.84. The molecule has 1 aliphatic rings. The van der Waals surface area contributed by atoms with Gasteiger partial charge in [0, 0.05) is 32.3 Å². The molecule has 4 nitrogen and oxygen atoms in total. The van der Waals surface area contributed by atoms with Gasteiger partial charge in [-0.3, -0.25) is 4.79 Å². The maximum absolute atomic E-state index is 11.4. The molecule has 0 aromatic heterocycles. The van der Waals surface area contributed by atoms with Crippen molar-refractivity contribution in [1.29, 1.82) is 0 Å². The van der Waals surface area contributed by atoms with Gasteiger partial charge in [-0.2, -0.15) is 0 Å². The molecule has 19 heavy (non-hydrogen) atoms. The zero-order chi connectivity index (χ0) is 13.7. The maximum atomic E-state index is 11.4. The Morgan fingerprint density at radius 3 is 2.68 bits per heavy atom. The number of amides is 1. The number of carbonyl (C=O) groups is 1. The van der Waals surface area contributed by atoms with Crippen LogP contribution in [0.15, 0.2) is 24.3 Å². The Labute approximate surface area is 114 Å². The van der Waals surface area contributed by atoms with Crippen LogP contribution in [-0.4, -0.2) is 32.2 Å². The van der Waals surface area contributed by atoms with Crippen LogP contribution in [0.5, 0.6) is 0 Å². The summed E-state index contributed by atoms with van der Waals surface area (Å²) in [5.41, 5.74) is 1.89. The predicted molar refractivity (Wildman–Crippen MR) is 75.1 cm³/mol. The minimum absolute atomic E-state index is 0.0450. The van der Waals surface area contributed by atoms with Crippen LogP contribution in [0.1, 0.15) is 29.3 Å². The lowest BCUT2D eigenvalue weighted by molar-refractivity contribution is 0.0963. The summed E-state index contributed by atoms with van der Waals surface area (Å²) >= 11 is 0. The lowest BCUT2D eigenvalue weighted by atomic mass is 10.0. The molecule has 0 spiro atoms. The number of benzene rings is 1. The number of carbonyl (C=O) groups excluding carboxylic acids is 1. The lowest BCUT2D eigenvalue weighted by Gasteiger charge is -2.14. The molecular formula is C15H22N2O2. The largest absolute Gasteiger partial charge is 0.378 e. The van der Waals surface area contributed by atoms with Gasteiger partial charge in [-0.1, -0.05) is 12.1 Å². The van der Waals surface area contributed by atoms with Crippen LogP contribution >= 0.6 is 0 Å². The summed E-state index contributed by atoms with van der Waals surface area (Å²) in [6.07, 6.45) is 1.51. The highest BCUT2D eigenvalue weighted by Gasteiger charge is 2.23. The van der Waals surface area contributed by atoms with Crippen LogP contribution in [0.3, 0.4) is 0 Å². The van der Waals surface area contributed by atoms with Crippen molar-refractivity contribution in [2.45, 2.75) is 26.0 Å². The van der Waals surface area contributed by atoms with E-state index in [4.69, 9.17) is 4.74 Å². The van der Waals surface area contributed by atoms with Crippen molar-refractivity contribution in [3.63, 3.8) is 0 Å². The first-order chi connectivity index (χ1) is 9.20. The van der Waals surface area contributed by atoms with E-state index in [9.17, 15) is 4.79 Å². The highest BCUT2D eigenvalue weighted by molar-refractivity contribution is 5.93. The van der Waals surface area contributed by atoms with Crippen LogP contribution in [0.2, 0.25) is 0 Å². The van der Waals surface area contributed by atoms with Gasteiger partial charge < -0.3 is 15.4 Å². The topological polar surface area (TPSA) is 50.4 Å². The van der Waals surface area contributed by atoms with E-state index < -0.39 is 0 Å². The fourth-order valence-electron chi connectivity index (χ4n) is 2.36. The smallest absolute Gasteiger partial charge is 0.251 e. The zero-order valence-electron chi connectivity index (χ0n) is 11.6. The van der Waals surface area contributed by atoms with Gasteiger partial charge in [-0.25, -0.2) is 0 Å². The van der Waals surface area contributed by atoms with E-state index >= 15 is 0 Å². The standard InChI is InChI=1S/C15H22N2O2/c1-11-14(7-8-19-11)10-17-9-12-3-5-13(6-4-12)15(18)16-2/h3-6,11,14,17H,7-10H2,1-2H3,(H,16,18). The van der Waals surface area contributed by atoms with Crippen molar-refractivity contribution in [3.8, 4) is 0 Å². The minimum Gasteiger partial charge on any atom is -0.378 e. The van der Waals surface area contributed by atoms with Gasteiger partial charge in [0.25, 0.3) is 5.91 Å². The summed E-state index contributed by atoms with van der Waals surface area (Å²) in [7, 11) is 1.64. The summed E-state index contributed by atoms with van der Waals surface area (Å²) in [6, 6.07) is 7.70. The first-order valence-corrected chi connectivity index (χ1v) is 6.84. The van der Waals surface area contributed by atoms with Crippen molar-refractivity contribution >= 4 is 5.91 Å². The Hall–Kier alpha value is -1.39. The average molecular weight is 262 g/mol. The molecule has 0 saturated carbocycles. The molecule has 104 valence electrons. The number of hydrogen-bond acceptors (Lipinski definition) is 3. The quantitative estimate of drug-likeness (QED) is 0.846. The highest BCUT2D eigenvalue weighted by Crippen LogP contribution is 2.19. The molecular weight excluding hydrogens is 240 g/mol. The molecule has 2 N–H and O–H groups in total. The van der Waals surface area contributed by atoms with Crippen molar-refractivity contribution < 1.29 is 9.53 Å². The van der Waals surface area contributed by atoms with Gasteiger partial charge >= 0.3 is 0 Å². The van der Waals surface area contributed by atoms with Gasteiger partial charge in [0.1, 0.15) is 0 Å². The second-order valence-electron chi connectivity index (χ2n) is 5.03. The molecule has 0 radical (unpaired) electrons. The van der Waals surface area contributed by atoms with Gasteiger partial charge in [0.15, 0.2) is 0 Å². The first kappa shape index (κ1) is 14.0. The molecule has 2 unspecified atom stereocenters. The molecule has 2 atom stereocenters. The highest BCUT2D eigenvalue weighted by atomic mass is 16.5. The SMILES string of the molecule is CNC(=O)c1ccc(CNCC2CCOC2C)cc1. The Morgan fingerprint density at radius 1 is 1.37 bits per heavy atom. The minimum atomic E-state index is -0.0450. The second-order valence-corrected chi connectivity index (χ2v) is 5.03. The third-order valence-corrected chi connectivity index (χ3v) is 3.71. The van der Waals surface area contributed by atoms with Gasteiger partial charge in [0.2, 0.25) is 0 Å². The van der Waals surface area contributed by atoms with E-state index in [1.165, 1.54) is 5.56 Å². The van der Waals surface area contributed by atoms with Crippen molar-refractivity contribution in [1.82, 2.24) is 10.6 Å². The third-order valence-electron chi connectivity index (χ3n) is 3.71. The summed E-state index contributed by atoms with van der Waals surface area (Å²) in [5, 5.41) is 6.07. The van der Waals surface area contributed by atoms with E-state index in [-0.39, 0.29) is 5.91 Å². The number of rotatable bonds is 5. The molecule has 4 heteroatoms. The number of nitrogens with one attached hydrogen (secondary N) is 2. The molecule has 1 aliphatic heterocycles. The molecule has 1 saturated heterocycles. The average Bonchev–Trinajstić information content (AvgIpc) is 2.84. The Bertz CT molecular complexity index is 417. The van der Waals surface area contributed by atoms with Crippen molar-refractivity contribution in [2.75, 3.05) is 20.2 Å². The van der Waals surface area contributed by atoms with E-state index in [0.29, 0.717) is 17.6 Å². The van der Waals surface area contributed by atoms with E-state index in [1.807, 2.05) is 24.3 Å². The van der Waals surface area contributed by atoms with Gasteiger partial charge in [-0.15, -0.1) is 0 Å². The van der Waals surface area contributed by atoms with Crippen LogP contribution in [0.4, 0.5) is 0 Å². The Morgan fingerprint density at radius 2 is 2.11 bits per heavy atom. The number of hydrogen-bond donors (Lipinski definition) is 2. The Kier molecular flexibility index (Phi) is 4.93. The number of ether oxygens (including phenoxy) is 1. The second kappa shape index (κ2) is 6.68. The monoisotopic (exact) mass is 262 g/mol. The van der Waals surface area contributed by atoms with Crippen molar-refractivity contribution in [3.05, 3.63) is 35.4 Å². The fraction of sp³-hybridized carbons (Fsp3) is 0.533. The maximum Gasteiger partial charge on any atom is 0.251 e. The summed E-state index contributed by atoms with van der Waals surface area (Å²) in [4.78, 5) is 11.4. The Balaban J connectivity index is 1.78. The molecule has 1 aromatic carbocycles. The van der Waals surface area contributed by atoms with Crippen LogP contribution in [0.25, 0.3) is 0 Å². The zero-order valence-corrected chi connectivity index (χ0v) is 11.6. The molecule has 1 fully saturated rings. The fourth-order valence-corrected chi connectivity index (χ4v) is 2.36. The summed E-state index contributed by atoms with van der Waals surface area (Å²) in [5.74, 6) is 0.571. The molecule has 0 aliphatic carbocycles. The van der Waals surface area contributed by atoms with E-state index in [2.05, 4.69) is 17.6 Å². The summed E-state index contributed by atoms with van der Waals surface area (Å²) < 4.78 is 5.54. The molecule has 1 amide bonds. The van der Waals surface area contributed by atoms with Crippen LogP contribution in [0, 0.1) is 5.92 Å². The van der Waals surface area contributed by atoms with E-state index in [0.717, 1.165) is 26.1 Å². The molecule has 0 bridgehead atoms. The molecule has 1 heterocycles. The van der Waals surface area contributed by atoms with Gasteiger partial charge in [-0.05, 0) is 37.0 Å². The molecule has 1 aromatic rings.